The molecule has 0 bridgehead atoms. The minimum atomic E-state index is -0.191. The van der Waals surface area contributed by atoms with E-state index in [1.807, 2.05) is 23.5 Å². The van der Waals surface area contributed by atoms with Crippen molar-refractivity contribution in [2.45, 2.75) is 32.1 Å². The van der Waals surface area contributed by atoms with Crippen LogP contribution < -0.4 is 10.4 Å². The van der Waals surface area contributed by atoms with Gasteiger partial charge in [0.15, 0.2) is 0 Å². The average molecular weight is 685 g/mol. The third kappa shape index (κ3) is 5.11. The van der Waals surface area contributed by atoms with Crippen molar-refractivity contribution < 1.29 is 0 Å². The first-order chi connectivity index (χ1) is 25.5. The summed E-state index contributed by atoms with van der Waals surface area (Å²) in [6, 6.07) is 37.6. The topological polar surface area (TPSA) is 0 Å². The molecule has 0 fully saturated rings. The summed E-state index contributed by atoms with van der Waals surface area (Å²) in [7, 11) is 0. The molecule has 52 heavy (non-hydrogen) atoms. The van der Waals surface area contributed by atoms with Crippen LogP contribution in [0.3, 0.4) is 0 Å². The summed E-state index contributed by atoms with van der Waals surface area (Å²) < 4.78 is 2.68. The van der Waals surface area contributed by atoms with E-state index in [0.717, 1.165) is 24.0 Å². The zero-order valence-corrected chi connectivity index (χ0v) is 30.6. The van der Waals surface area contributed by atoms with Crippen molar-refractivity contribution in [2.75, 3.05) is 0 Å². The van der Waals surface area contributed by atoms with Crippen LogP contribution in [-0.4, -0.2) is 0 Å². The zero-order chi connectivity index (χ0) is 35.4. The van der Waals surface area contributed by atoms with Gasteiger partial charge in [0.05, 0.1) is 0 Å². The Morgan fingerprint density at radius 2 is 1.25 bits per heavy atom. The fourth-order valence-corrected chi connectivity index (χ4v) is 9.89. The molecule has 1 heterocycles. The molecule has 0 unspecified atom stereocenters. The Kier molecular flexibility index (Phi) is 7.91. The molecule has 0 amide bonds. The second-order valence-electron chi connectivity index (χ2n) is 14.4. The Bertz CT molecular complexity index is 2830. The van der Waals surface area contributed by atoms with E-state index < -0.39 is 0 Å². The van der Waals surface area contributed by atoms with Gasteiger partial charge in [0, 0.05) is 25.6 Å². The zero-order valence-electron chi connectivity index (χ0n) is 29.7. The van der Waals surface area contributed by atoms with Gasteiger partial charge in [-0.1, -0.05) is 173 Å². The molecular formula is C51H40S. The molecule has 0 saturated heterocycles. The van der Waals surface area contributed by atoms with Gasteiger partial charge in [-0.3, -0.25) is 0 Å². The Hall–Kier alpha value is -5.76. The molecule has 2 aliphatic carbocycles. The van der Waals surface area contributed by atoms with E-state index in [2.05, 4.69) is 173 Å². The van der Waals surface area contributed by atoms with E-state index in [9.17, 15) is 0 Å². The van der Waals surface area contributed by atoms with Gasteiger partial charge in [0.1, 0.15) is 0 Å². The maximum atomic E-state index is 4.35. The van der Waals surface area contributed by atoms with Gasteiger partial charge in [-0.05, 0) is 102 Å². The normalized spacial score (nSPS) is 17.0. The second kappa shape index (κ2) is 12.8. The van der Waals surface area contributed by atoms with Gasteiger partial charge < -0.3 is 0 Å². The molecule has 9 rings (SSSR count). The number of benzene rings is 6. The highest BCUT2D eigenvalue weighted by Gasteiger charge is 2.27. The van der Waals surface area contributed by atoms with E-state index >= 15 is 0 Å². The minimum absolute atomic E-state index is 0.191. The van der Waals surface area contributed by atoms with Gasteiger partial charge in [-0.25, -0.2) is 0 Å². The van der Waals surface area contributed by atoms with Gasteiger partial charge in [0.2, 0.25) is 0 Å². The predicted octanol–water partition coefficient (Wildman–Crippen LogP) is 13.1. The fraction of sp³-hybridized carbons (Fsp3) is 0.0980. The van der Waals surface area contributed by atoms with E-state index in [1.54, 1.807) is 0 Å². The van der Waals surface area contributed by atoms with Crippen LogP contribution >= 0.6 is 11.3 Å². The molecule has 1 heteroatoms. The van der Waals surface area contributed by atoms with Crippen molar-refractivity contribution in [1.82, 2.24) is 0 Å². The summed E-state index contributed by atoms with van der Waals surface area (Å²) in [5.41, 5.74) is 12.0. The van der Waals surface area contributed by atoms with Gasteiger partial charge in [-0.15, -0.1) is 11.3 Å². The third-order valence-electron chi connectivity index (χ3n) is 10.9. The number of allylic oxidation sites excluding steroid dienone is 5. The molecule has 2 aliphatic rings. The van der Waals surface area contributed by atoms with Gasteiger partial charge >= 0.3 is 0 Å². The summed E-state index contributed by atoms with van der Waals surface area (Å²) in [5.74, 6) is 0. The molecule has 0 saturated carbocycles. The smallest absolute Gasteiger partial charge is 0.0437 e. The Morgan fingerprint density at radius 3 is 1.98 bits per heavy atom. The molecular weight excluding hydrogens is 645 g/mol. The molecule has 7 aromatic rings. The molecule has 0 nitrogen and oxygen atoms in total. The van der Waals surface area contributed by atoms with Crippen molar-refractivity contribution >= 4 is 78.2 Å². The standard InChI is InChI=1S/C51H40S/c1-5-37-38(6-2)47(40-24-11-10-23-39(40)46(37)34-18-8-7-9-19-34)36-21-16-20-35(32-36)33-22-17-31-51(3,4)49-42-26-13-12-25-41(42)48-43-27-14-15-28-45(43)52-50(48)44(49)30-29-33/h5-9,12-32H,1-2,10-11H2,3-4H3/b30-29+,31-17+,33-22+. The maximum absolute atomic E-state index is 4.35. The first-order valence-corrected chi connectivity index (χ1v) is 19.1. The lowest BCUT2D eigenvalue weighted by atomic mass is 9.77. The Balaban J connectivity index is 1.26. The van der Waals surface area contributed by atoms with E-state index in [-0.39, 0.29) is 5.41 Å². The quantitative estimate of drug-likeness (QED) is 0.169. The van der Waals surface area contributed by atoms with Crippen LogP contribution in [0.1, 0.15) is 54.5 Å². The lowest BCUT2D eigenvalue weighted by Gasteiger charge is -2.26. The molecule has 0 spiro atoms. The number of hydrogen-bond donors (Lipinski definition) is 0. The summed E-state index contributed by atoms with van der Waals surface area (Å²) in [4.78, 5) is 0. The number of rotatable bonds is 5. The SMILES string of the molecule is C=Cc1c(C=C)c(-c2cccc(C3=C/C=C/C(C)(C)c4c(c5sc6ccccc6c5c5ccccc45)\C=C\3)c2)c2c(c1-c1ccccc1)=CCCC=2. The first kappa shape index (κ1) is 32.2. The van der Waals surface area contributed by atoms with Crippen LogP contribution in [0.5, 0.6) is 0 Å². The molecule has 0 atom stereocenters. The van der Waals surface area contributed by atoms with E-state index in [1.165, 1.54) is 85.9 Å². The summed E-state index contributed by atoms with van der Waals surface area (Å²) in [5, 5.41) is 7.93. The van der Waals surface area contributed by atoms with Gasteiger partial charge in [-0.2, -0.15) is 0 Å². The van der Waals surface area contributed by atoms with Crippen molar-refractivity contribution in [3.05, 3.63) is 179 Å². The maximum Gasteiger partial charge on any atom is 0.0437 e. The largest absolute Gasteiger partial charge is 0.135 e. The Morgan fingerprint density at radius 1 is 0.635 bits per heavy atom. The molecule has 0 radical (unpaired) electrons. The monoisotopic (exact) mass is 684 g/mol. The molecule has 0 N–H and O–H groups in total. The molecule has 250 valence electrons. The van der Waals surface area contributed by atoms with Gasteiger partial charge in [0.25, 0.3) is 0 Å². The second-order valence-corrected chi connectivity index (χ2v) is 15.5. The van der Waals surface area contributed by atoms with Crippen LogP contribution in [0.15, 0.2) is 141 Å². The van der Waals surface area contributed by atoms with Crippen molar-refractivity contribution in [3.63, 3.8) is 0 Å². The number of hydrogen-bond acceptors (Lipinski definition) is 1. The predicted molar refractivity (Wildman–Crippen MR) is 231 cm³/mol. The van der Waals surface area contributed by atoms with Crippen LogP contribution in [-0.2, 0) is 5.41 Å². The summed E-state index contributed by atoms with van der Waals surface area (Å²) in [6.45, 7) is 13.4. The third-order valence-corrected chi connectivity index (χ3v) is 12.1. The molecule has 1 aromatic heterocycles. The van der Waals surface area contributed by atoms with Crippen LogP contribution in [0, 0.1) is 0 Å². The van der Waals surface area contributed by atoms with Crippen molar-refractivity contribution in [1.29, 1.82) is 0 Å². The van der Waals surface area contributed by atoms with Crippen LogP contribution in [0.2, 0.25) is 0 Å². The lowest BCUT2D eigenvalue weighted by molar-refractivity contribution is 0.676. The van der Waals surface area contributed by atoms with Crippen LogP contribution in [0.4, 0.5) is 0 Å². The van der Waals surface area contributed by atoms with E-state index in [4.69, 9.17) is 0 Å². The lowest BCUT2D eigenvalue weighted by Crippen LogP contribution is -2.33. The van der Waals surface area contributed by atoms with E-state index in [0.29, 0.717) is 0 Å². The average Bonchev–Trinajstić information content (AvgIpc) is 3.60. The van der Waals surface area contributed by atoms with Crippen molar-refractivity contribution in [2.24, 2.45) is 0 Å². The van der Waals surface area contributed by atoms with Crippen LogP contribution in [0.25, 0.3) is 89.2 Å². The minimum Gasteiger partial charge on any atom is -0.135 e. The first-order valence-electron chi connectivity index (χ1n) is 18.2. The molecule has 6 aromatic carbocycles. The fourth-order valence-electron chi connectivity index (χ4n) is 8.64. The highest BCUT2D eigenvalue weighted by atomic mass is 32.1. The Labute approximate surface area is 310 Å². The molecule has 0 aliphatic heterocycles. The summed E-state index contributed by atoms with van der Waals surface area (Å²) >= 11 is 1.91. The number of thiophene rings is 1. The summed E-state index contributed by atoms with van der Waals surface area (Å²) in [6.07, 6.45) is 22.6. The highest BCUT2D eigenvalue weighted by Crippen LogP contribution is 2.47. The highest BCUT2D eigenvalue weighted by molar-refractivity contribution is 7.26. The number of fused-ring (bicyclic) bond motifs is 9. The van der Waals surface area contributed by atoms with Crippen molar-refractivity contribution in [3.8, 4) is 22.3 Å².